The summed E-state index contributed by atoms with van der Waals surface area (Å²) in [6.07, 6.45) is -16.0. The maximum Gasteiger partial charge on any atom is 0.306 e. The lowest BCUT2D eigenvalue weighted by molar-refractivity contribution is -0.332. The Morgan fingerprint density at radius 3 is 1.89 bits per heavy atom. The Morgan fingerprint density at radius 1 is 0.757 bits per heavy atom. The van der Waals surface area contributed by atoms with Crippen LogP contribution in [0.5, 0.6) is 0 Å². The average Bonchev–Trinajstić information content (AvgIpc) is 2.88. The topological polar surface area (TPSA) is 231 Å². The number of hydrogen-bond donors (Lipinski definition) is 7. The smallest absolute Gasteiger partial charge is 0.306 e. The van der Waals surface area contributed by atoms with E-state index in [0.29, 0.717) is 6.42 Å². The van der Waals surface area contributed by atoms with Crippen molar-refractivity contribution in [2.24, 2.45) is 0 Å². The third-order valence-electron chi connectivity index (χ3n) is 5.86. The van der Waals surface area contributed by atoms with Gasteiger partial charge in [-0.1, -0.05) is 13.8 Å². The molecule has 15 nitrogen and oxygen atoms in total. The molecule has 0 bridgehead atoms. The summed E-state index contributed by atoms with van der Waals surface area (Å²) in [4.78, 5) is 23.4. The van der Waals surface area contributed by atoms with Crippen LogP contribution in [0.1, 0.15) is 33.1 Å². The molecule has 0 saturated carbocycles. The lowest BCUT2D eigenvalue weighted by atomic mass is 9.98. The molecule has 216 valence electrons. The second-order valence-electron chi connectivity index (χ2n) is 8.78. The van der Waals surface area contributed by atoms with Crippen molar-refractivity contribution < 1.29 is 73.8 Å². The maximum absolute atomic E-state index is 11.9. The third kappa shape index (κ3) is 8.76. The highest BCUT2D eigenvalue weighted by Gasteiger charge is 2.47. The zero-order valence-electron chi connectivity index (χ0n) is 20.7. The van der Waals surface area contributed by atoms with Gasteiger partial charge in [-0.3, -0.25) is 9.59 Å². The minimum absolute atomic E-state index is 0.0984. The molecule has 2 heterocycles. The molecule has 37 heavy (non-hydrogen) atoms. The number of carbonyl (C=O) groups excluding carboxylic acids is 2. The number of rotatable bonds is 13. The molecule has 2 aliphatic heterocycles. The zero-order chi connectivity index (χ0) is 27.7. The molecule has 0 aromatic heterocycles. The summed E-state index contributed by atoms with van der Waals surface area (Å²) in [5, 5.41) is 70.0. The second kappa shape index (κ2) is 15.2. The average molecular weight is 543 g/mol. The number of aliphatic hydroxyl groups is 7. The van der Waals surface area contributed by atoms with Crippen LogP contribution in [0.4, 0.5) is 0 Å². The predicted octanol–water partition coefficient (Wildman–Crippen LogP) is -3.71. The van der Waals surface area contributed by atoms with Crippen LogP contribution in [-0.4, -0.2) is 142 Å². The van der Waals surface area contributed by atoms with Crippen LogP contribution >= 0.6 is 0 Å². The van der Waals surface area contributed by atoms with E-state index in [1.165, 1.54) is 0 Å². The van der Waals surface area contributed by atoms with E-state index in [0.717, 1.165) is 0 Å². The van der Waals surface area contributed by atoms with E-state index >= 15 is 0 Å². The predicted molar refractivity (Wildman–Crippen MR) is 118 cm³/mol. The van der Waals surface area contributed by atoms with Gasteiger partial charge >= 0.3 is 11.9 Å². The molecule has 11 atom stereocenters. The van der Waals surface area contributed by atoms with Crippen molar-refractivity contribution in [2.45, 2.75) is 101 Å². The van der Waals surface area contributed by atoms with Crippen LogP contribution in [0.15, 0.2) is 0 Å². The summed E-state index contributed by atoms with van der Waals surface area (Å²) in [7, 11) is 0. The molecule has 2 fully saturated rings. The molecule has 11 unspecified atom stereocenters. The van der Waals surface area contributed by atoms with Gasteiger partial charge in [-0.25, -0.2) is 0 Å². The molecule has 7 N–H and O–H groups in total. The lowest BCUT2D eigenvalue weighted by Gasteiger charge is -2.42. The molecule has 0 aromatic rings. The fraction of sp³-hybridized carbons (Fsp3) is 0.909. The normalized spacial score (nSPS) is 37.1. The summed E-state index contributed by atoms with van der Waals surface area (Å²) >= 11 is 0. The molecule has 2 saturated heterocycles. The van der Waals surface area contributed by atoms with Crippen LogP contribution in [0, 0.1) is 0 Å². The first-order valence-corrected chi connectivity index (χ1v) is 12.1. The van der Waals surface area contributed by atoms with Crippen molar-refractivity contribution in [1.82, 2.24) is 0 Å². The van der Waals surface area contributed by atoms with Gasteiger partial charge < -0.3 is 64.2 Å². The summed E-state index contributed by atoms with van der Waals surface area (Å²) in [6.45, 7) is 1.44. The van der Waals surface area contributed by atoms with Crippen molar-refractivity contribution in [3.05, 3.63) is 0 Å². The minimum Gasteiger partial charge on any atom is -0.462 e. The second-order valence-corrected chi connectivity index (χ2v) is 8.78. The van der Waals surface area contributed by atoms with E-state index < -0.39 is 99.3 Å². The van der Waals surface area contributed by atoms with E-state index in [9.17, 15) is 45.3 Å². The van der Waals surface area contributed by atoms with Crippen LogP contribution in [0.2, 0.25) is 0 Å². The monoisotopic (exact) mass is 542 g/mol. The zero-order valence-corrected chi connectivity index (χ0v) is 20.7. The van der Waals surface area contributed by atoms with Gasteiger partial charge in [-0.2, -0.15) is 0 Å². The van der Waals surface area contributed by atoms with Gasteiger partial charge in [-0.05, 0) is 6.42 Å². The molecular formula is C22H38O15. The van der Waals surface area contributed by atoms with Crippen LogP contribution in [0.25, 0.3) is 0 Å². The minimum atomic E-state index is -1.75. The molecule has 2 aliphatic rings. The van der Waals surface area contributed by atoms with E-state index in [2.05, 4.69) is 0 Å². The largest absolute Gasteiger partial charge is 0.462 e. The van der Waals surface area contributed by atoms with E-state index in [1.807, 2.05) is 0 Å². The summed E-state index contributed by atoms with van der Waals surface area (Å²) in [5.41, 5.74) is 0. The van der Waals surface area contributed by atoms with Gasteiger partial charge in [0.25, 0.3) is 0 Å². The summed E-state index contributed by atoms with van der Waals surface area (Å²) < 4.78 is 31.8. The Morgan fingerprint density at radius 2 is 1.32 bits per heavy atom. The molecular weight excluding hydrogens is 504 g/mol. The highest BCUT2D eigenvalue weighted by molar-refractivity contribution is 5.70. The van der Waals surface area contributed by atoms with Crippen LogP contribution < -0.4 is 0 Å². The first kappa shape index (κ1) is 31.7. The quantitative estimate of drug-likeness (QED) is 0.111. The van der Waals surface area contributed by atoms with E-state index in [4.69, 9.17) is 28.4 Å². The summed E-state index contributed by atoms with van der Waals surface area (Å²) in [5.74, 6) is -1.09. The Bertz CT molecular complexity index is 706. The molecule has 0 radical (unpaired) electrons. The fourth-order valence-electron chi connectivity index (χ4n) is 3.64. The van der Waals surface area contributed by atoms with Gasteiger partial charge in [0, 0.05) is 12.8 Å². The van der Waals surface area contributed by atoms with Crippen molar-refractivity contribution in [3.8, 4) is 0 Å². The number of hydrogen-bond acceptors (Lipinski definition) is 15. The van der Waals surface area contributed by atoms with Crippen LogP contribution in [0.3, 0.4) is 0 Å². The molecule has 15 heteroatoms. The van der Waals surface area contributed by atoms with Gasteiger partial charge in [-0.15, -0.1) is 0 Å². The number of carbonyl (C=O) groups is 2. The standard InChI is InChI=1S/C22H38O15/c1-3-5-14(25)35-10(7-32-13(24)4-2)8-33-21-20(31)18(29)16(27)12(37-21)9-34-22-19(30)17(28)15(26)11(6-23)36-22/h10-12,15-23,26-31H,3-9H2,1-2H3. The Kier molecular flexibility index (Phi) is 13.0. The summed E-state index contributed by atoms with van der Waals surface area (Å²) in [6, 6.07) is 0. The number of aliphatic hydroxyl groups excluding tert-OH is 7. The van der Waals surface area contributed by atoms with E-state index in [-0.39, 0.29) is 19.4 Å². The van der Waals surface area contributed by atoms with Gasteiger partial charge in [0.2, 0.25) is 0 Å². The highest BCUT2D eigenvalue weighted by Crippen LogP contribution is 2.26. The fourth-order valence-corrected chi connectivity index (χ4v) is 3.64. The number of ether oxygens (including phenoxy) is 6. The first-order valence-electron chi connectivity index (χ1n) is 12.1. The number of esters is 2. The van der Waals surface area contributed by atoms with Crippen molar-refractivity contribution >= 4 is 11.9 Å². The first-order chi connectivity index (χ1) is 17.5. The molecule has 0 aromatic carbocycles. The lowest BCUT2D eigenvalue weighted by Crippen LogP contribution is -2.61. The van der Waals surface area contributed by atoms with Crippen molar-refractivity contribution in [1.29, 1.82) is 0 Å². The van der Waals surface area contributed by atoms with E-state index in [1.54, 1.807) is 13.8 Å². The molecule has 0 aliphatic carbocycles. The highest BCUT2D eigenvalue weighted by atomic mass is 16.7. The molecule has 0 spiro atoms. The van der Waals surface area contributed by atoms with Crippen molar-refractivity contribution in [2.75, 3.05) is 26.4 Å². The third-order valence-corrected chi connectivity index (χ3v) is 5.86. The molecule has 2 rings (SSSR count). The Hall–Kier alpha value is -1.50. The molecule has 0 amide bonds. The van der Waals surface area contributed by atoms with Gasteiger partial charge in [0.15, 0.2) is 18.7 Å². The maximum atomic E-state index is 11.9. The SMILES string of the molecule is CCCC(=O)OC(COC(=O)CC)COC1OC(COC2OC(CO)C(O)C(O)C2O)C(O)C(O)C1O. The van der Waals surface area contributed by atoms with Gasteiger partial charge in [0.05, 0.1) is 19.8 Å². The Balaban J connectivity index is 1.99. The van der Waals surface area contributed by atoms with Crippen LogP contribution in [-0.2, 0) is 38.0 Å². The Labute approximate surface area is 213 Å². The van der Waals surface area contributed by atoms with Gasteiger partial charge in [0.1, 0.15) is 55.4 Å². The van der Waals surface area contributed by atoms with Crippen molar-refractivity contribution in [3.63, 3.8) is 0 Å².